The lowest BCUT2D eigenvalue weighted by molar-refractivity contribution is 0.107. The van der Waals surface area contributed by atoms with Gasteiger partial charge in [0.25, 0.3) is 0 Å². The highest BCUT2D eigenvalue weighted by molar-refractivity contribution is 6.38. The molecule has 4 aromatic rings. The molecule has 2 heterocycles. The van der Waals surface area contributed by atoms with Crippen LogP contribution >= 0.6 is 11.6 Å². The lowest BCUT2D eigenvalue weighted by Gasteiger charge is -2.09. The number of rotatable bonds is 7. The molecule has 4 nitrogen and oxygen atoms in total. The number of nitrogens with one attached hydrogen (secondary N) is 1. The number of aryl methyl sites for hydroxylation is 1. The van der Waals surface area contributed by atoms with Gasteiger partial charge in [-0.2, -0.15) is 0 Å². The van der Waals surface area contributed by atoms with Crippen molar-refractivity contribution in [3.63, 3.8) is 0 Å². The maximum Gasteiger partial charge on any atom is 0.143 e. The van der Waals surface area contributed by atoms with Crippen LogP contribution in [0.4, 0.5) is 0 Å². The highest BCUT2D eigenvalue weighted by Crippen LogP contribution is 2.36. The van der Waals surface area contributed by atoms with E-state index in [0.29, 0.717) is 24.8 Å². The molecule has 0 fully saturated rings. The number of nitrogens with zero attached hydrogens (tertiary/aromatic N) is 1. The zero-order valence-corrected chi connectivity index (χ0v) is 15.9. The number of benzene rings is 2. The number of ether oxygens (including phenoxy) is 2. The molecule has 2 aromatic carbocycles. The summed E-state index contributed by atoms with van der Waals surface area (Å²) in [5, 5.41) is 2.68. The van der Waals surface area contributed by atoms with Crippen LogP contribution in [0, 0.1) is 6.92 Å². The third-order valence-electron chi connectivity index (χ3n) is 4.46. The van der Waals surface area contributed by atoms with Gasteiger partial charge >= 0.3 is 0 Å². The molecule has 0 aliphatic rings. The first-order valence-electron chi connectivity index (χ1n) is 9.03. The molecule has 4 rings (SSSR count). The third-order valence-corrected chi connectivity index (χ3v) is 4.77. The van der Waals surface area contributed by atoms with Gasteiger partial charge in [0.1, 0.15) is 11.4 Å². The summed E-state index contributed by atoms with van der Waals surface area (Å²) < 4.78 is 11.7. The van der Waals surface area contributed by atoms with Crippen LogP contribution in [0.3, 0.4) is 0 Å². The molecule has 0 radical (unpaired) electrons. The van der Waals surface area contributed by atoms with Crippen LogP contribution in [0.1, 0.15) is 17.5 Å². The maximum atomic E-state index is 6.44. The van der Waals surface area contributed by atoms with Crippen molar-refractivity contribution >= 4 is 33.5 Å². The molecule has 138 valence electrons. The van der Waals surface area contributed by atoms with Gasteiger partial charge in [0.15, 0.2) is 0 Å². The van der Waals surface area contributed by atoms with Crippen molar-refractivity contribution in [3.8, 4) is 5.75 Å². The van der Waals surface area contributed by atoms with Gasteiger partial charge in [-0.05, 0) is 36.2 Å². The van der Waals surface area contributed by atoms with Crippen LogP contribution in [-0.4, -0.2) is 23.2 Å². The minimum atomic E-state index is 0.577. The molecule has 0 unspecified atom stereocenters. The topological polar surface area (TPSA) is 47.1 Å². The number of hydrogen-bond acceptors (Lipinski definition) is 3. The zero-order valence-electron chi connectivity index (χ0n) is 15.2. The molecular weight excluding hydrogens is 360 g/mol. The summed E-state index contributed by atoms with van der Waals surface area (Å²) in [5.74, 6) is 0.785. The second kappa shape index (κ2) is 7.99. The molecule has 0 bridgehead atoms. The first-order valence-corrected chi connectivity index (χ1v) is 9.41. The number of halogens is 1. The molecular formula is C22H21ClN2O2. The number of aromatic nitrogens is 2. The molecule has 0 atom stereocenters. The van der Waals surface area contributed by atoms with Gasteiger partial charge in [-0.1, -0.05) is 41.9 Å². The van der Waals surface area contributed by atoms with Crippen molar-refractivity contribution in [2.24, 2.45) is 0 Å². The molecule has 27 heavy (non-hydrogen) atoms. The summed E-state index contributed by atoms with van der Waals surface area (Å²) in [6.07, 6.45) is 2.66. The summed E-state index contributed by atoms with van der Waals surface area (Å²) in [4.78, 5) is 7.80. The van der Waals surface area contributed by atoms with Crippen molar-refractivity contribution in [3.05, 3.63) is 70.9 Å². The average Bonchev–Trinajstić information content (AvgIpc) is 3.06. The number of pyridine rings is 1. The predicted molar refractivity (Wildman–Crippen MR) is 110 cm³/mol. The Morgan fingerprint density at radius 2 is 1.93 bits per heavy atom. The minimum absolute atomic E-state index is 0.577. The summed E-state index contributed by atoms with van der Waals surface area (Å²) in [5.41, 5.74) is 3.99. The average molecular weight is 381 g/mol. The molecule has 0 saturated carbocycles. The predicted octanol–water partition coefficient (Wildman–Crippen LogP) is 5.66. The van der Waals surface area contributed by atoms with Gasteiger partial charge < -0.3 is 14.5 Å². The first kappa shape index (κ1) is 17.8. The van der Waals surface area contributed by atoms with Crippen LogP contribution in [0.15, 0.2) is 54.7 Å². The second-order valence-electron chi connectivity index (χ2n) is 6.57. The van der Waals surface area contributed by atoms with Gasteiger partial charge in [-0.3, -0.25) is 0 Å². The number of fused-ring (bicyclic) bond motifs is 3. The van der Waals surface area contributed by atoms with Gasteiger partial charge in [0, 0.05) is 23.4 Å². The third kappa shape index (κ3) is 3.92. The van der Waals surface area contributed by atoms with Crippen LogP contribution in [-0.2, 0) is 11.3 Å². The molecule has 0 aliphatic carbocycles. The Bertz CT molecular complexity index is 1060. The SMILES string of the molecule is Cc1cnc2[nH]c3c(OCCCOCc4ccccc4)ccc(Cl)c3c2c1. The second-order valence-corrected chi connectivity index (χ2v) is 6.98. The minimum Gasteiger partial charge on any atom is -0.491 e. The van der Waals surface area contributed by atoms with Crippen LogP contribution in [0.2, 0.25) is 5.02 Å². The fourth-order valence-electron chi connectivity index (χ4n) is 3.15. The number of H-pyrrole nitrogens is 1. The van der Waals surface area contributed by atoms with E-state index in [2.05, 4.69) is 28.2 Å². The van der Waals surface area contributed by atoms with Crippen molar-refractivity contribution in [1.29, 1.82) is 0 Å². The highest BCUT2D eigenvalue weighted by Gasteiger charge is 2.13. The highest BCUT2D eigenvalue weighted by atomic mass is 35.5. The summed E-state index contributed by atoms with van der Waals surface area (Å²) in [6.45, 7) is 3.88. The van der Waals surface area contributed by atoms with Gasteiger partial charge in [-0.15, -0.1) is 0 Å². The molecule has 1 N–H and O–H groups in total. The van der Waals surface area contributed by atoms with Crippen LogP contribution in [0.5, 0.6) is 5.75 Å². The van der Waals surface area contributed by atoms with Gasteiger partial charge in [0.05, 0.1) is 30.4 Å². The Morgan fingerprint density at radius 3 is 2.78 bits per heavy atom. The standard InChI is InChI=1S/C22H21ClN2O2/c1-15-12-17-20-18(23)8-9-19(21(20)25-22(17)24-13-15)27-11-5-10-26-14-16-6-3-2-4-7-16/h2-4,6-9,12-13H,5,10-11,14H2,1H3,(H,24,25). The molecule has 0 saturated heterocycles. The van der Waals surface area contributed by atoms with Crippen molar-refractivity contribution in [2.75, 3.05) is 13.2 Å². The fraction of sp³-hybridized carbons (Fsp3) is 0.227. The number of aromatic amines is 1. The molecule has 0 amide bonds. The van der Waals surface area contributed by atoms with E-state index in [1.165, 1.54) is 5.56 Å². The first-order chi connectivity index (χ1) is 13.2. The largest absolute Gasteiger partial charge is 0.491 e. The van der Waals surface area contributed by atoms with E-state index in [9.17, 15) is 0 Å². The molecule has 0 spiro atoms. The lowest BCUT2D eigenvalue weighted by atomic mass is 10.1. The van der Waals surface area contributed by atoms with Gasteiger partial charge in [-0.25, -0.2) is 4.98 Å². The molecule has 5 heteroatoms. The Morgan fingerprint density at radius 1 is 1.07 bits per heavy atom. The van der Waals surface area contributed by atoms with Crippen LogP contribution < -0.4 is 4.74 Å². The maximum absolute atomic E-state index is 6.44. The van der Waals surface area contributed by atoms with Crippen molar-refractivity contribution in [1.82, 2.24) is 9.97 Å². The fourth-order valence-corrected chi connectivity index (χ4v) is 3.41. The van der Waals surface area contributed by atoms with E-state index in [1.54, 1.807) is 0 Å². The Kier molecular flexibility index (Phi) is 5.28. The Labute approximate surface area is 163 Å². The van der Waals surface area contributed by atoms with Crippen molar-refractivity contribution < 1.29 is 9.47 Å². The van der Waals surface area contributed by atoms with E-state index in [4.69, 9.17) is 21.1 Å². The summed E-state index contributed by atoms with van der Waals surface area (Å²) in [6, 6.07) is 16.0. The van der Waals surface area contributed by atoms with Crippen LogP contribution in [0.25, 0.3) is 21.9 Å². The van der Waals surface area contributed by atoms with E-state index < -0.39 is 0 Å². The Hall–Kier alpha value is -2.56. The molecule has 2 aromatic heterocycles. The lowest BCUT2D eigenvalue weighted by Crippen LogP contribution is -2.03. The summed E-state index contributed by atoms with van der Waals surface area (Å²) in [7, 11) is 0. The van der Waals surface area contributed by atoms with E-state index >= 15 is 0 Å². The monoisotopic (exact) mass is 380 g/mol. The normalized spacial score (nSPS) is 11.3. The smallest absolute Gasteiger partial charge is 0.143 e. The molecule has 0 aliphatic heterocycles. The zero-order chi connectivity index (χ0) is 18.6. The summed E-state index contributed by atoms with van der Waals surface area (Å²) >= 11 is 6.44. The van der Waals surface area contributed by atoms with Crippen molar-refractivity contribution in [2.45, 2.75) is 20.0 Å². The number of hydrogen-bond donors (Lipinski definition) is 1. The van der Waals surface area contributed by atoms with E-state index in [0.717, 1.165) is 39.7 Å². The van der Waals surface area contributed by atoms with Gasteiger partial charge in [0.2, 0.25) is 0 Å². The van der Waals surface area contributed by atoms with E-state index in [-0.39, 0.29) is 0 Å². The Balaban J connectivity index is 1.40. The van der Waals surface area contributed by atoms with E-state index in [1.807, 2.05) is 43.5 Å². The quantitative estimate of drug-likeness (QED) is 0.420.